The Labute approximate surface area is 138 Å². The molecule has 2 N–H and O–H groups in total. The predicted molar refractivity (Wildman–Crippen MR) is 90.1 cm³/mol. The average molecular weight is 340 g/mol. The Kier molecular flexibility index (Phi) is 6.48. The maximum Gasteiger partial charge on any atom is 0.319 e. The average Bonchev–Trinajstić information content (AvgIpc) is 3.00. The molecule has 0 bridgehead atoms. The van der Waals surface area contributed by atoms with E-state index in [0.717, 1.165) is 12.1 Å². The molecule has 0 saturated carbocycles. The number of anilines is 1. The highest BCUT2D eigenvalue weighted by Crippen LogP contribution is 2.27. The molecule has 0 spiro atoms. The smallest absolute Gasteiger partial charge is 0.319 e. The first-order valence-electron chi connectivity index (χ1n) is 7.03. The van der Waals surface area contributed by atoms with Gasteiger partial charge in [-0.15, -0.1) is 11.3 Å². The van der Waals surface area contributed by atoms with Gasteiger partial charge < -0.3 is 15.4 Å². The summed E-state index contributed by atoms with van der Waals surface area (Å²) in [7, 11) is 0. The van der Waals surface area contributed by atoms with E-state index < -0.39 is 0 Å². The van der Waals surface area contributed by atoms with Gasteiger partial charge in [0.25, 0.3) is 0 Å². The molecule has 2 amide bonds. The van der Waals surface area contributed by atoms with Gasteiger partial charge in [-0.1, -0.05) is 18.5 Å². The van der Waals surface area contributed by atoms with E-state index in [9.17, 15) is 4.79 Å². The zero-order valence-electron chi connectivity index (χ0n) is 12.3. The Hall–Kier alpha value is -1.79. The number of thiazole rings is 1. The van der Waals surface area contributed by atoms with Crippen LogP contribution in [0.3, 0.4) is 0 Å². The molecule has 118 valence electrons. The highest BCUT2D eigenvalue weighted by atomic mass is 35.5. The molecular formula is C15H18ClN3O2S. The molecule has 0 unspecified atom stereocenters. The largest absolute Gasteiger partial charge is 0.492 e. The van der Waals surface area contributed by atoms with Crippen LogP contribution in [-0.2, 0) is 6.42 Å². The minimum Gasteiger partial charge on any atom is -0.492 e. The van der Waals surface area contributed by atoms with Crippen molar-refractivity contribution < 1.29 is 9.53 Å². The van der Waals surface area contributed by atoms with Crippen LogP contribution in [0.25, 0.3) is 0 Å². The second-order valence-corrected chi connectivity index (χ2v) is 5.73. The lowest BCUT2D eigenvalue weighted by atomic mass is 10.3. The fourth-order valence-electron chi connectivity index (χ4n) is 1.75. The van der Waals surface area contributed by atoms with Crippen LogP contribution in [0, 0.1) is 0 Å². The first-order valence-corrected chi connectivity index (χ1v) is 8.35. The van der Waals surface area contributed by atoms with Crippen molar-refractivity contribution in [2.45, 2.75) is 19.8 Å². The summed E-state index contributed by atoms with van der Waals surface area (Å²) in [5.41, 5.74) is 3.38. The topological polar surface area (TPSA) is 63.2 Å². The summed E-state index contributed by atoms with van der Waals surface area (Å²) in [5, 5.41) is 7.96. The van der Waals surface area contributed by atoms with E-state index >= 15 is 0 Å². The first kappa shape index (κ1) is 16.6. The van der Waals surface area contributed by atoms with Crippen molar-refractivity contribution in [1.82, 2.24) is 10.3 Å². The van der Waals surface area contributed by atoms with Crippen LogP contribution in [-0.4, -0.2) is 24.2 Å². The number of rotatable bonds is 7. The van der Waals surface area contributed by atoms with Gasteiger partial charge in [-0.3, -0.25) is 0 Å². The van der Waals surface area contributed by atoms with Crippen LogP contribution in [0.4, 0.5) is 10.5 Å². The molecule has 0 atom stereocenters. The number of carbonyl (C=O) groups is 1. The van der Waals surface area contributed by atoms with E-state index in [1.165, 1.54) is 0 Å². The van der Waals surface area contributed by atoms with Crippen LogP contribution >= 0.6 is 22.9 Å². The Balaban J connectivity index is 1.79. The number of ether oxygens (including phenoxy) is 1. The molecule has 7 heteroatoms. The number of amides is 2. The van der Waals surface area contributed by atoms with Gasteiger partial charge in [0.1, 0.15) is 5.75 Å². The lowest BCUT2D eigenvalue weighted by Gasteiger charge is -2.10. The fourth-order valence-corrected chi connectivity index (χ4v) is 2.58. The maximum absolute atomic E-state index is 11.8. The van der Waals surface area contributed by atoms with Crippen molar-refractivity contribution in [3.05, 3.63) is 39.8 Å². The summed E-state index contributed by atoms with van der Waals surface area (Å²) in [6.07, 6.45) is 1.62. The van der Waals surface area contributed by atoms with Gasteiger partial charge in [0.15, 0.2) is 0 Å². The summed E-state index contributed by atoms with van der Waals surface area (Å²) < 4.78 is 5.49. The number of benzene rings is 1. The zero-order valence-corrected chi connectivity index (χ0v) is 13.8. The van der Waals surface area contributed by atoms with Gasteiger partial charge in [-0.05, 0) is 24.6 Å². The molecule has 22 heavy (non-hydrogen) atoms. The van der Waals surface area contributed by atoms with Gasteiger partial charge in [0.2, 0.25) is 0 Å². The van der Waals surface area contributed by atoms with Crippen LogP contribution in [0.5, 0.6) is 5.75 Å². The molecule has 0 aliphatic carbocycles. The summed E-state index contributed by atoms with van der Waals surface area (Å²) >= 11 is 7.66. The molecule has 2 aromatic rings. The molecular weight excluding hydrogens is 322 g/mol. The monoisotopic (exact) mass is 339 g/mol. The van der Waals surface area contributed by atoms with Crippen molar-refractivity contribution in [1.29, 1.82) is 0 Å². The lowest BCUT2D eigenvalue weighted by Crippen LogP contribution is -2.30. The van der Waals surface area contributed by atoms with E-state index in [1.807, 2.05) is 12.3 Å². The third-order valence-electron chi connectivity index (χ3n) is 2.80. The van der Waals surface area contributed by atoms with Crippen molar-refractivity contribution in [3.8, 4) is 5.75 Å². The number of nitrogens with zero attached hydrogens (tertiary/aromatic N) is 1. The molecule has 0 aliphatic heterocycles. The number of aromatic nitrogens is 1. The molecule has 0 saturated heterocycles. The number of carbonyl (C=O) groups excluding carboxylic acids is 1. The zero-order chi connectivity index (χ0) is 15.8. The van der Waals surface area contributed by atoms with Gasteiger partial charge in [-0.25, -0.2) is 9.78 Å². The number of urea groups is 1. The first-order chi connectivity index (χ1) is 10.7. The van der Waals surface area contributed by atoms with Crippen LogP contribution in [0.2, 0.25) is 5.02 Å². The van der Waals surface area contributed by atoms with E-state index in [0.29, 0.717) is 36.0 Å². The molecule has 1 aromatic carbocycles. The Morgan fingerprint density at radius 1 is 1.45 bits per heavy atom. The Morgan fingerprint density at radius 2 is 2.32 bits per heavy atom. The van der Waals surface area contributed by atoms with E-state index in [4.69, 9.17) is 16.3 Å². The third kappa shape index (κ3) is 5.20. The SMILES string of the molecule is CCCOc1ccc(NC(=O)NCCc2cscn2)cc1Cl. The molecule has 1 heterocycles. The molecule has 0 fully saturated rings. The Morgan fingerprint density at radius 3 is 3.00 bits per heavy atom. The molecule has 0 aliphatic rings. The summed E-state index contributed by atoms with van der Waals surface area (Å²) in [4.78, 5) is 16.0. The van der Waals surface area contributed by atoms with Crippen LogP contribution in [0.1, 0.15) is 19.0 Å². The predicted octanol–water partition coefficient (Wildman–Crippen LogP) is 3.95. The van der Waals surface area contributed by atoms with Crippen LogP contribution < -0.4 is 15.4 Å². The fraction of sp³-hybridized carbons (Fsp3) is 0.333. The lowest BCUT2D eigenvalue weighted by molar-refractivity contribution is 0.252. The second-order valence-electron chi connectivity index (χ2n) is 4.60. The van der Waals surface area contributed by atoms with Crippen LogP contribution in [0.15, 0.2) is 29.1 Å². The number of hydrogen-bond acceptors (Lipinski definition) is 4. The van der Waals surface area contributed by atoms with Gasteiger partial charge in [0.05, 0.1) is 22.8 Å². The van der Waals surface area contributed by atoms with E-state index in [1.54, 1.807) is 35.0 Å². The quantitative estimate of drug-likeness (QED) is 0.802. The number of hydrogen-bond donors (Lipinski definition) is 2. The molecule has 2 rings (SSSR count). The highest BCUT2D eigenvalue weighted by Gasteiger charge is 2.06. The molecule has 5 nitrogen and oxygen atoms in total. The maximum atomic E-state index is 11.8. The second kappa shape index (κ2) is 8.60. The summed E-state index contributed by atoms with van der Waals surface area (Å²) in [6, 6.07) is 4.92. The standard InChI is InChI=1S/C15H18ClN3O2S/c1-2-7-21-14-4-3-11(8-13(14)16)19-15(20)17-6-5-12-9-22-10-18-12/h3-4,8-10H,2,5-7H2,1H3,(H2,17,19,20). The van der Waals surface area contributed by atoms with E-state index in [-0.39, 0.29) is 6.03 Å². The van der Waals surface area contributed by atoms with Crippen molar-refractivity contribution >= 4 is 34.7 Å². The van der Waals surface area contributed by atoms with Gasteiger partial charge >= 0.3 is 6.03 Å². The van der Waals surface area contributed by atoms with Crippen molar-refractivity contribution in [2.24, 2.45) is 0 Å². The van der Waals surface area contributed by atoms with Gasteiger partial charge in [-0.2, -0.15) is 0 Å². The van der Waals surface area contributed by atoms with Crippen molar-refractivity contribution in [2.75, 3.05) is 18.5 Å². The molecule has 1 aromatic heterocycles. The number of halogens is 1. The summed E-state index contributed by atoms with van der Waals surface area (Å²) in [6.45, 7) is 3.17. The highest BCUT2D eigenvalue weighted by molar-refractivity contribution is 7.07. The van der Waals surface area contributed by atoms with Gasteiger partial charge in [0, 0.05) is 24.0 Å². The molecule has 0 radical (unpaired) electrons. The Bertz CT molecular complexity index is 605. The number of nitrogens with one attached hydrogen (secondary N) is 2. The minimum absolute atomic E-state index is 0.270. The summed E-state index contributed by atoms with van der Waals surface area (Å²) in [5.74, 6) is 0.623. The van der Waals surface area contributed by atoms with E-state index in [2.05, 4.69) is 15.6 Å². The minimum atomic E-state index is -0.270. The third-order valence-corrected chi connectivity index (χ3v) is 3.73. The normalized spacial score (nSPS) is 10.3. The van der Waals surface area contributed by atoms with Crippen molar-refractivity contribution in [3.63, 3.8) is 0 Å².